The topological polar surface area (TPSA) is 78.5 Å². The summed E-state index contributed by atoms with van der Waals surface area (Å²) in [5.74, 6) is -1.71. The molecule has 0 saturated carbocycles. The Bertz CT molecular complexity index is 1620. The van der Waals surface area contributed by atoms with Gasteiger partial charge in [0.25, 0.3) is 17.7 Å². The minimum absolute atomic E-state index is 0.176. The van der Waals surface area contributed by atoms with Gasteiger partial charge in [-0.25, -0.2) is 9.29 Å². The molecule has 0 unspecified atom stereocenters. The first kappa shape index (κ1) is 25.9. The molecule has 6 nitrogen and oxygen atoms in total. The lowest BCUT2D eigenvalue weighted by Crippen LogP contribution is -2.32. The van der Waals surface area contributed by atoms with Crippen LogP contribution >= 0.6 is 11.8 Å². The predicted molar refractivity (Wildman–Crippen MR) is 152 cm³/mol. The second-order valence-corrected chi connectivity index (χ2v) is 10.1. The van der Waals surface area contributed by atoms with E-state index in [-0.39, 0.29) is 10.6 Å². The highest BCUT2D eigenvalue weighted by Crippen LogP contribution is 2.39. The number of amides is 3. The molecule has 0 saturated heterocycles. The number of hydrogen-bond donors (Lipinski definition) is 2. The van der Waals surface area contributed by atoms with E-state index >= 15 is 0 Å². The van der Waals surface area contributed by atoms with Crippen LogP contribution in [0.1, 0.15) is 21.5 Å². The summed E-state index contributed by atoms with van der Waals surface area (Å²) >= 11 is 1.14. The van der Waals surface area contributed by atoms with Gasteiger partial charge in [0.15, 0.2) is 0 Å². The average molecular weight is 538 g/mol. The van der Waals surface area contributed by atoms with Crippen LogP contribution < -0.4 is 15.5 Å². The number of anilines is 3. The number of hydrogen-bond acceptors (Lipinski definition) is 5. The third-order valence-electron chi connectivity index (χ3n) is 6.25. The summed E-state index contributed by atoms with van der Waals surface area (Å²) in [6, 6.07) is 26.9. The molecule has 0 spiro atoms. The van der Waals surface area contributed by atoms with Crippen molar-refractivity contribution in [1.82, 2.24) is 0 Å². The van der Waals surface area contributed by atoms with E-state index in [1.54, 1.807) is 30.3 Å². The first-order valence-corrected chi connectivity index (χ1v) is 13.0. The Hall–Kier alpha value is -4.69. The maximum atomic E-state index is 13.7. The molecule has 5 rings (SSSR count). The van der Waals surface area contributed by atoms with Crippen LogP contribution in [0.25, 0.3) is 0 Å². The number of carbonyl (C=O) groups is 3. The summed E-state index contributed by atoms with van der Waals surface area (Å²) in [6.45, 7) is 3.90. The van der Waals surface area contributed by atoms with Crippen LogP contribution in [-0.2, 0) is 9.59 Å². The van der Waals surface area contributed by atoms with Gasteiger partial charge in [0, 0.05) is 21.8 Å². The lowest BCUT2D eigenvalue weighted by Gasteiger charge is -2.16. The molecule has 4 aromatic carbocycles. The van der Waals surface area contributed by atoms with Crippen LogP contribution in [0.3, 0.4) is 0 Å². The minimum Gasteiger partial charge on any atom is -0.350 e. The lowest BCUT2D eigenvalue weighted by atomic mass is 10.1. The van der Waals surface area contributed by atoms with Crippen molar-refractivity contribution in [2.24, 2.45) is 0 Å². The molecule has 0 radical (unpaired) electrons. The van der Waals surface area contributed by atoms with Gasteiger partial charge >= 0.3 is 0 Å². The Morgan fingerprint density at radius 3 is 2.21 bits per heavy atom. The molecule has 4 aromatic rings. The van der Waals surface area contributed by atoms with Gasteiger partial charge in [-0.1, -0.05) is 42.1 Å². The zero-order valence-electron chi connectivity index (χ0n) is 21.2. The Balaban J connectivity index is 1.45. The van der Waals surface area contributed by atoms with Gasteiger partial charge in [-0.3, -0.25) is 14.4 Å². The van der Waals surface area contributed by atoms with E-state index in [4.69, 9.17) is 0 Å². The number of para-hydroxylation sites is 1. The highest BCUT2D eigenvalue weighted by atomic mass is 32.2. The Morgan fingerprint density at radius 2 is 1.49 bits per heavy atom. The van der Waals surface area contributed by atoms with Crippen LogP contribution in [0.5, 0.6) is 0 Å². The molecule has 0 aromatic heterocycles. The van der Waals surface area contributed by atoms with Crippen molar-refractivity contribution in [3.63, 3.8) is 0 Å². The van der Waals surface area contributed by atoms with Crippen molar-refractivity contribution in [2.45, 2.75) is 18.7 Å². The van der Waals surface area contributed by atoms with Crippen molar-refractivity contribution in [3.05, 3.63) is 130 Å². The third kappa shape index (κ3) is 5.61. The Kier molecular flexibility index (Phi) is 7.29. The molecule has 1 aliphatic heterocycles. The molecular formula is C31H24FN3O3S. The largest absolute Gasteiger partial charge is 0.350 e. The normalized spacial score (nSPS) is 13.2. The fraction of sp³-hybridized carbons (Fsp3) is 0.0645. The van der Waals surface area contributed by atoms with E-state index in [1.165, 1.54) is 29.2 Å². The molecule has 8 heteroatoms. The lowest BCUT2D eigenvalue weighted by molar-refractivity contribution is -0.120. The van der Waals surface area contributed by atoms with E-state index < -0.39 is 23.5 Å². The highest BCUT2D eigenvalue weighted by molar-refractivity contribution is 8.04. The molecule has 0 bridgehead atoms. The minimum atomic E-state index is -0.449. The monoisotopic (exact) mass is 537 g/mol. The maximum Gasteiger partial charge on any atom is 0.283 e. The van der Waals surface area contributed by atoms with E-state index in [0.717, 1.165) is 22.9 Å². The van der Waals surface area contributed by atoms with Crippen LogP contribution in [0.4, 0.5) is 21.5 Å². The van der Waals surface area contributed by atoms with Crippen molar-refractivity contribution in [2.75, 3.05) is 15.5 Å². The van der Waals surface area contributed by atoms with Crippen molar-refractivity contribution < 1.29 is 18.8 Å². The van der Waals surface area contributed by atoms with Crippen LogP contribution in [-0.4, -0.2) is 17.7 Å². The molecule has 39 heavy (non-hydrogen) atoms. The molecule has 1 heterocycles. The summed E-state index contributed by atoms with van der Waals surface area (Å²) in [5, 5.41) is 5.93. The number of imide groups is 1. The van der Waals surface area contributed by atoms with E-state index in [9.17, 15) is 18.8 Å². The molecule has 194 valence electrons. The fourth-order valence-electron chi connectivity index (χ4n) is 4.04. The van der Waals surface area contributed by atoms with E-state index in [1.807, 2.05) is 56.3 Å². The number of carbonyl (C=O) groups excluding carboxylic acids is 3. The fourth-order valence-corrected chi connectivity index (χ4v) is 5.03. The number of halogens is 1. The number of benzene rings is 4. The number of nitrogens with one attached hydrogen (secondary N) is 2. The standard InChI is InChI=1S/C31H24FN3O3S/c1-19-11-16-25(17-20(19)2)35-30(37)27(33-23-7-4-3-5-8-23)28(31(35)38)39-26-10-6-9-24(18-26)34-29(36)21-12-14-22(32)15-13-21/h3-18,33H,1-2H3,(H,34,36). The maximum absolute atomic E-state index is 13.7. The summed E-state index contributed by atoms with van der Waals surface area (Å²) in [7, 11) is 0. The van der Waals surface area contributed by atoms with Gasteiger partial charge < -0.3 is 10.6 Å². The van der Waals surface area contributed by atoms with Crippen LogP contribution in [0.15, 0.2) is 113 Å². The summed E-state index contributed by atoms with van der Waals surface area (Å²) in [5.41, 5.74) is 4.18. The highest BCUT2D eigenvalue weighted by Gasteiger charge is 2.40. The average Bonchev–Trinajstić information content (AvgIpc) is 3.15. The third-order valence-corrected chi connectivity index (χ3v) is 7.32. The van der Waals surface area contributed by atoms with Crippen LogP contribution in [0, 0.1) is 19.7 Å². The predicted octanol–water partition coefficient (Wildman–Crippen LogP) is 6.68. The van der Waals surface area contributed by atoms with Crippen LogP contribution in [0.2, 0.25) is 0 Å². The molecule has 2 N–H and O–H groups in total. The van der Waals surface area contributed by atoms with Crippen molar-refractivity contribution >= 4 is 46.5 Å². The summed E-state index contributed by atoms with van der Waals surface area (Å²) < 4.78 is 13.2. The van der Waals surface area contributed by atoms with Gasteiger partial charge in [0.1, 0.15) is 16.4 Å². The van der Waals surface area contributed by atoms with Gasteiger partial charge in [-0.05, 0) is 91.7 Å². The quantitative estimate of drug-likeness (QED) is 0.257. The second kappa shape index (κ2) is 11.0. The molecular weight excluding hydrogens is 513 g/mol. The number of aryl methyl sites for hydroxylation is 2. The smallest absolute Gasteiger partial charge is 0.283 e. The number of nitrogens with zero attached hydrogens (tertiary/aromatic N) is 1. The van der Waals surface area contributed by atoms with Crippen molar-refractivity contribution in [1.29, 1.82) is 0 Å². The Morgan fingerprint density at radius 1 is 0.769 bits per heavy atom. The molecule has 0 fully saturated rings. The SMILES string of the molecule is Cc1ccc(N2C(=O)C(Nc3ccccc3)=C(Sc3cccc(NC(=O)c4ccc(F)cc4)c3)C2=O)cc1C. The van der Waals surface area contributed by atoms with Gasteiger partial charge in [0.05, 0.1) is 5.69 Å². The molecule has 1 aliphatic rings. The van der Waals surface area contributed by atoms with E-state index in [2.05, 4.69) is 10.6 Å². The molecule has 0 aliphatic carbocycles. The van der Waals surface area contributed by atoms with Crippen molar-refractivity contribution in [3.8, 4) is 0 Å². The summed E-state index contributed by atoms with van der Waals surface area (Å²) in [6.07, 6.45) is 0. The van der Waals surface area contributed by atoms with Gasteiger partial charge in [-0.15, -0.1) is 0 Å². The zero-order valence-corrected chi connectivity index (χ0v) is 22.0. The first-order valence-electron chi connectivity index (χ1n) is 12.2. The van der Waals surface area contributed by atoms with E-state index in [0.29, 0.717) is 27.5 Å². The van der Waals surface area contributed by atoms with Gasteiger partial charge in [-0.2, -0.15) is 0 Å². The Labute approximate surface area is 229 Å². The molecule has 3 amide bonds. The second-order valence-electron chi connectivity index (χ2n) is 9.00. The summed E-state index contributed by atoms with van der Waals surface area (Å²) in [4.78, 5) is 42.0. The first-order chi connectivity index (χ1) is 18.8. The molecule has 0 atom stereocenters. The van der Waals surface area contributed by atoms with Gasteiger partial charge in [0.2, 0.25) is 0 Å². The number of rotatable bonds is 7. The number of thioether (sulfide) groups is 1. The zero-order chi connectivity index (χ0) is 27.5.